The minimum atomic E-state index is -0.822. The van der Waals surface area contributed by atoms with Crippen molar-refractivity contribution in [2.75, 3.05) is 13.2 Å². The molecular weight excluding hydrogens is 348 g/mol. The summed E-state index contributed by atoms with van der Waals surface area (Å²) >= 11 is 0. The number of urea groups is 1. The number of carbonyl (C=O) groups is 4. The third-order valence-electron chi connectivity index (χ3n) is 3.63. The summed E-state index contributed by atoms with van der Waals surface area (Å²) < 4.78 is 4.93. The van der Waals surface area contributed by atoms with Crippen LogP contribution in [0.4, 0.5) is 4.79 Å². The number of rotatable bonds is 6. The van der Waals surface area contributed by atoms with E-state index in [0.29, 0.717) is 12.1 Å². The van der Waals surface area contributed by atoms with Gasteiger partial charge in [0.15, 0.2) is 12.4 Å². The van der Waals surface area contributed by atoms with Crippen molar-refractivity contribution < 1.29 is 23.9 Å². The Balaban J connectivity index is 2.09. The molecule has 2 N–H and O–H groups in total. The van der Waals surface area contributed by atoms with Crippen molar-refractivity contribution in [3.63, 3.8) is 0 Å². The van der Waals surface area contributed by atoms with E-state index in [0.717, 1.165) is 5.56 Å². The van der Waals surface area contributed by atoms with Crippen LogP contribution in [0.2, 0.25) is 0 Å². The molecule has 0 saturated carbocycles. The van der Waals surface area contributed by atoms with Crippen LogP contribution in [-0.2, 0) is 9.53 Å². The minimum absolute atomic E-state index is 0.0499. The molecule has 0 unspecified atom stereocenters. The van der Waals surface area contributed by atoms with Crippen molar-refractivity contribution in [3.05, 3.63) is 70.8 Å². The molecule has 0 aliphatic heterocycles. The number of benzene rings is 2. The standard InChI is InChI=1S/C20H20N2O5/c1-3-21-20(26)22-17(23)12-27-19(25)16-7-5-4-6-15(16)18(24)14-10-8-13(2)9-11-14/h4-11H,3,12H2,1-2H3,(H2,21,22,23,26). The van der Waals surface area contributed by atoms with E-state index < -0.39 is 24.5 Å². The lowest BCUT2D eigenvalue weighted by atomic mass is 9.98. The largest absolute Gasteiger partial charge is 0.452 e. The smallest absolute Gasteiger partial charge is 0.339 e. The summed E-state index contributed by atoms with van der Waals surface area (Å²) in [6.07, 6.45) is 0. The number of ether oxygens (including phenoxy) is 1. The maximum Gasteiger partial charge on any atom is 0.339 e. The van der Waals surface area contributed by atoms with Gasteiger partial charge >= 0.3 is 12.0 Å². The number of imide groups is 1. The van der Waals surface area contributed by atoms with Crippen molar-refractivity contribution in [1.82, 2.24) is 10.6 Å². The second-order valence-corrected chi connectivity index (χ2v) is 5.72. The summed E-state index contributed by atoms with van der Waals surface area (Å²) in [4.78, 5) is 47.9. The minimum Gasteiger partial charge on any atom is -0.452 e. The van der Waals surface area contributed by atoms with Gasteiger partial charge in [-0.05, 0) is 19.9 Å². The molecule has 0 heterocycles. The van der Waals surface area contributed by atoms with Gasteiger partial charge < -0.3 is 10.1 Å². The van der Waals surface area contributed by atoms with E-state index in [1.807, 2.05) is 12.2 Å². The molecule has 0 aromatic heterocycles. The van der Waals surface area contributed by atoms with Gasteiger partial charge in [-0.25, -0.2) is 9.59 Å². The van der Waals surface area contributed by atoms with Crippen LogP contribution in [0.3, 0.4) is 0 Å². The van der Waals surface area contributed by atoms with E-state index in [-0.39, 0.29) is 16.9 Å². The summed E-state index contributed by atoms with van der Waals surface area (Å²) in [7, 11) is 0. The fourth-order valence-corrected chi connectivity index (χ4v) is 2.30. The molecule has 3 amide bonds. The van der Waals surface area contributed by atoms with Gasteiger partial charge in [0.1, 0.15) is 0 Å². The molecule has 0 spiro atoms. The summed E-state index contributed by atoms with van der Waals surface area (Å²) in [6, 6.07) is 12.5. The molecule has 0 fully saturated rings. The molecule has 0 bridgehead atoms. The van der Waals surface area contributed by atoms with Gasteiger partial charge in [0.05, 0.1) is 5.56 Å². The van der Waals surface area contributed by atoms with Crippen LogP contribution in [-0.4, -0.2) is 36.8 Å². The summed E-state index contributed by atoms with van der Waals surface area (Å²) in [5.74, 6) is -1.91. The van der Waals surface area contributed by atoms with Crippen LogP contribution in [0.1, 0.15) is 38.8 Å². The molecule has 0 atom stereocenters. The van der Waals surface area contributed by atoms with E-state index in [9.17, 15) is 19.2 Å². The molecule has 0 saturated heterocycles. The quantitative estimate of drug-likeness (QED) is 0.601. The first kappa shape index (κ1) is 19.8. The molecular formula is C20H20N2O5. The number of carbonyl (C=O) groups excluding carboxylic acids is 4. The lowest BCUT2D eigenvalue weighted by Gasteiger charge is -2.09. The van der Waals surface area contributed by atoms with E-state index in [4.69, 9.17) is 4.74 Å². The molecule has 2 aromatic rings. The lowest BCUT2D eigenvalue weighted by Crippen LogP contribution is -2.41. The molecule has 0 aliphatic rings. The molecule has 0 radical (unpaired) electrons. The van der Waals surface area contributed by atoms with Gasteiger partial charge in [-0.15, -0.1) is 0 Å². The zero-order valence-corrected chi connectivity index (χ0v) is 15.1. The molecule has 7 heteroatoms. The predicted molar refractivity (Wildman–Crippen MR) is 98.6 cm³/mol. The normalized spacial score (nSPS) is 10.0. The third-order valence-corrected chi connectivity index (χ3v) is 3.63. The molecule has 7 nitrogen and oxygen atoms in total. The van der Waals surface area contributed by atoms with Gasteiger partial charge in [-0.2, -0.15) is 0 Å². The number of hydrogen-bond acceptors (Lipinski definition) is 5. The zero-order valence-electron chi connectivity index (χ0n) is 15.1. The first-order chi connectivity index (χ1) is 12.9. The van der Waals surface area contributed by atoms with Crippen molar-refractivity contribution in [2.24, 2.45) is 0 Å². The maximum absolute atomic E-state index is 12.7. The van der Waals surface area contributed by atoms with E-state index >= 15 is 0 Å². The zero-order chi connectivity index (χ0) is 19.8. The molecule has 2 rings (SSSR count). The Morgan fingerprint density at radius 2 is 1.56 bits per heavy atom. The van der Waals surface area contributed by atoms with Crippen LogP contribution >= 0.6 is 0 Å². The number of nitrogens with one attached hydrogen (secondary N) is 2. The Hall–Kier alpha value is -3.48. The topological polar surface area (TPSA) is 102 Å². The number of esters is 1. The van der Waals surface area contributed by atoms with Crippen LogP contribution in [0, 0.1) is 6.92 Å². The fourth-order valence-electron chi connectivity index (χ4n) is 2.30. The monoisotopic (exact) mass is 368 g/mol. The van der Waals surface area contributed by atoms with Gasteiger partial charge in [0.2, 0.25) is 0 Å². The Morgan fingerprint density at radius 1 is 0.926 bits per heavy atom. The summed E-state index contributed by atoms with van der Waals surface area (Å²) in [5, 5.41) is 4.41. The van der Waals surface area contributed by atoms with Gasteiger partial charge in [0.25, 0.3) is 5.91 Å². The molecule has 2 aromatic carbocycles. The van der Waals surface area contributed by atoms with Gasteiger partial charge in [-0.3, -0.25) is 14.9 Å². The van der Waals surface area contributed by atoms with Gasteiger partial charge in [-0.1, -0.05) is 48.0 Å². The number of amides is 3. The Kier molecular flexibility index (Phi) is 6.82. The fraction of sp³-hybridized carbons (Fsp3) is 0.200. The van der Waals surface area contributed by atoms with Crippen LogP contribution in [0.15, 0.2) is 48.5 Å². The highest BCUT2D eigenvalue weighted by atomic mass is 16.5. The Bertz CT molecular complexity index is 859. The predicted octanol–water partition coefficient (Wildman–Crippen LogP) is 2.23. The van der Waals surface area contributed by atoms with Crippen LogP contribution < -0.4 is 10.6 Å². The van der Waals surface area contributed by atoms with Crippen molar-refractivity contribution >= 4 is 23.7 Å². The van der Waals surface area contributed by atoms with Crippen LogP contribution in [0.25, 0.3) is 0 Å². The number of hydrogen-bond donors (Lipinski definition) is 2. The van der Waals surface area contributed by atoms with E-state index in [1.54, 1.807) is 43.3 Å². The van der Waals surface area contributed by atoms with E-state index in [1.165, 1.54) is 12.1 Å². The molecule has 27 heavy (non-hydrogen) atoms. The highest BCUT2D eigenvalue weighted by Gasteiger charge is 2.20. The van der Waals surface area contributed by atoms with Crippen molar-refractivity contribution in [1.29, 1.82) is 0 Å². The average Bonchev–Trinajstić information content (AvgIpc) is 2.66. The second-order valence-electron chi connectivity index (χ2n) is 5.72. The molecule has 0 aliphatic carbocycles. The highest BCUT2D eigenvalue weighted by Crippen LogP contribution is 2.16. The first-order valence-corrected chi connectivity index (χ1v) is 8.37. The summed E-state index contributed by atoms with van der Waals surface area (Å²) in [6.45, 7) is 3.33. The highest BCUT2D eigenvalue weighted by molar-refractivity contribution is 6.14. The lowest BCUT2D eigenvalue weighted by molar-refractivity contribution is -0.123. The summed E-state index contributed by atoms with van der Waals surface area (Å²) in [5.41, 5.74) is 1.68. The Labute approximate surface area is 156 Å². The number of aryl methyl sites for hydroxylation is 1. The van der Waals surface area contributed by atoms with Crippen molar-refractivity contribution in [2.45, 2.75) is 13.8 Å². The molecule has 140 valence electrons. The van der Waals surface area contributed by atoms with Crippen LogP contribution in [0.5, 0.6) is 0 Å². The SMILES string of the molecule is CCNC(=O)NC(=O)COC(=O)c1ccccc1C(=O)c1ccc(C)cc1. The van der Waals surface area contributed by atoms with Gasteiger partial charge in [0, 0.05) is 17.7 Å². The maximum atomic E-state index is 12.7. The number of ketones is 1. The van der Waals surface area contributed by atoms with E-state index in [2.05, 4.69) is 5.32 Å². The average molecular weight is 368 g/mol. The first-order valence-electron chi connectivity index (χ1n) is 8.37. The second kappa shape index (κ2) is 9.28. The third kappa shape index (κ3) is 5.50. The van der Waals surface area contributed by atoms with Crippen molar-refractivity contribution in [3.8, 4) is 0 Å². The Morgan fingerprint density at radius 3 is 2.19 bits per heavy atom.